The number of rotatable bonds is 4. The van der Waals surface area contributed by atoms with E-state index in [4.69, 9.17) is 5.11 Å². The van der Waals surface area contributed by atoms with Crippen molar-refractivity contribution < 1.29 is 18.7 Å². The summed E-state index contributed by atoms with van der Waals surface area (Å²) < 4.78 is 26.6. The summed E-state index contributed by atoms with van der Waals surface area (Å²) in [5.74, 6) is -2.29. The molecule has 1 aromatic carbocycles. The van der Waals surface area contributed by atoms with Gasteiger partial charge in [0.25, 0.3) is 0 Å². The number of aliphatic hydroxyl groups is 1. The number of halogens is 2. The smallest absolute Gasteiger partial charge is 0.221 e. The van der Waals surface area contributed by atoms with Crippen molar-refractivity contribution in [3.8, 4) is 0 Å². The first-order valence-electron chi connectivity index (χ1n) is 5.34. The zero-order chi connectivity index (χ0) is 13.0. The summed E-state index contributed by atoms with van der Waals surface area (Å²) in [4.78, 5) is 10.9. The van der Waals surface area contributed by atoms with Gasteiger partial charge in [-0.3, -0.25) is 4.79 Å². The number of nitrogens with one attached hydrogen (secondary N) is 1. The average Bonchev–Trinajstić information content (AvgIpc) is 2.22. The van der Waals surface area contributed by atoms with Gasteiger partial charge in [0.2, 0.25) is 5.91 Å². The number of carbonyl (C=O) groups excluding carboxylic acids is 1. The lowest BCUT2D eigenvalue weighted by molar-refractivity contribution is -0.114. The maximum Gasteiger partial charge on any atom is 0.221 e. The van der Waals surface area contributed by atoms with Crippen molar-refractivity contribution in [3.63, 3.8) is 0 Å². The number of anilines is 1. The molecular weight excluding hydrogens is 228 g/mol. The van der Waals surface area contributed by atoms with Crippen molar-refractivity contribution in [2.45, 2.75) is 32.8 Å². The molecule has 1 aromatic rings. The van der Waals surface area contributed by atoms with Gasteiger partial charge in [-0.15, -0.1) is 0 Å². The fourth-order valence-electron chi connectivity index (χ4n) is 1.50. The van der Waals surface area contributed by atoms with Crippen LogP contribution < -0.4 is 5.32 Å². The highest BCUT2D eigenvalue weighted by Crippen LogP contribution is 2.23. The van der Waals surface area contributed by atoms with Crippen LogP contribution in [0.5, 0.6) is 0 Å². The molecule has 0 saturated heterocycles. The lowest BCUT2D eigenvalue weighted by Gasteiger charge is -2.12. The van der Waals surface area contributed by atoms with Crippen molar-refractivity contribution in [2.24, 2.45) is 0 Å². The zero-order valence-corrected chi connectivity index (χ0v) is 9.76. The molecule has 1 amide bonds. The third-order valence-corrected chi connectivity index (χ3v) is 2.32. The first-order valence-corrected chi connectivity index (χ1v) is 5.34. The lowest BCUT2D eigenvalue weighted by Crippen LogP contribution is -2.11. The van der Waals surface area contributed by atoms with E-state index in [9.17, 15) is 13.6 Å². The monoisotopic (exact) mass is 243 g/mol. The molecular formula is C12H15F2NO2. The quantitative estimate of drug-likeness (QED) is 0.852. The Morgan fingerprint density at radius 2 is 2.12 bits per heavy atom. The number of hydrogen-bond donors (Lipinski definition) is 2. The van der Waals surface area contributed by atoms with Crippen molar-refractivity contribution in [1.29, 1.82) is 0 Å². The van der Waals surface area contributed by atoms with E-state index in [1.165, 1.54) is 13.0 Å². The van der Waals surface area contributed by atoms with Gasteiger partial charge in [-0.1, -0.05) is 0 Å². The molecule has 0 saturated carbocycles. The van der Waals surface area contributed by atoms with Crippen LogP contribution in [0.15, 0.2) is 12.1 Å². The maximum atomic E-state index is 13.6. The van der Waals surface area contributed by atoms with E-state index in [0.717, 1.165) is 6.07 Å². The van der Waals surface area contributed by atoms with Crippen molar-refractivity contribution in [1.82, 2.24) is 0 Å². The van der Waals surface area contributed by atoms with Crippen LogP contribution in [-0.4, -0.2) is 17.1 Å². The van der Waals surface area contributed by atoms with E-state index in [2.05, 4.69) is 5.32 Å². The van der Waals surface area contributed by atoms with Gasteiger partial charge >= 0.3 is 0 Å². The van der Waals surface area contributed by atoms with E-state index in [0.29, 0.717) is 6.42 Å². The first-order chi connectivity index (χ1) is 7.91. The van der Waals surface area contributed by atoms with Crippen LogP contribution in [0.4, 0.5) is 14.5 Å². The lowest BCUT2D eigenvalue weighted by atomic mass is 10.0. The molecule has 0 aliphatic carbocycles. The molecule has 0 fully saturated rings. The van der Waals surface area contributed by atoms with Crippen LogP contribution in [0, 0.1) is 11.6 Å². The first kappa shape index (κ1) is 13.6. The Kier molecular flexibility index (Phi) is 4.57. The van der Waals surface area contributed by atoms with Gasteiger partial charge in [0.15, 0.2) is 11.6 Å². The predicted octanol–water partition coefficient (Wildman–Crippen LogP) is 2.24. The van der Waals surface area contributed by atoms with Crippen molar-refractivity contribution in [3.05, 3.63) is 29.3 Å². The van der Waals surface area contributed by atoms with E-state index in [1.54, 1.807) is 6.92 Å². The fourth-order valence-corrected chi connectivity index (χ4v) is 1.50. The zero-order valence-electron chi connectivity index (χ0n) is 9.76. The van der Waals surface area contributed by atoms with Gasteiger partial charge in [0.05, 0.1) is 6.10 Å². The SMILES string of the molecule is CC(=O)Nc1ccc(F)c(F)c1CC[C@H](C)O. The maximum absolute atomic E-state index is 13.6. The van der Waals surface area contributed by atoms with Crippen molar-refractivity contribution in [2.75, 3.05) is 5.32 Å². The second-order valence-corrected chi connectivity index (χ2v) is 3.96. The average molecular weight is 243 g/mol. The van der Waals surface area contributed by atoms with E-state index >= 15 is 0 Å². The Labute approximate surface area is 98.5 Å². The highest BCUT2D eigenvalue weighted by molar-refractivity contribution is 5.89. The van der Waals surface area contributed by atoms with Gasteiger partial charge in [-0.2, -0.15) is 0 Å². The summed E-state index contributed by atoms with van der Waals surface area (Å²) >= 11 is 0. The van der Waals surface area contributed by atoms with E-state index in [-0.39, 0.29) is 23.6 Å². The van der Waals surface area contributed by atoms with Crippen LogP contribution in [0.3, 0.4) is 0 Å². The molecule has 0 unspecified atom stereocenters. The number of aliphatic hydroxyl groups excluding tert-OH is 1. The third kappa shape index (κ3) is 3.78. The van der Waals surface area contributed by atoms with Crippen LogP contribution >= 0.6 is 0 Å². The standard InChI is InChI=1S/C12H15F2NO2/c1-7(16)3-4-9-11(15-8(2)17)6-5-10(13)12(9)14/h5-7,16H,3-4H2,1-2H3,(H,15,17)/t7-/m0/s1. The highest BCUT2D eigenvalue weighted by Gasteiger charge is 2.14. The number of amides is 1. The Morgan fingerprint density at radius 3 is 2.65 bits per heavy atom. The van der Waals surface area contributed by atoms with E-state index in [1.807, 2.05) is 0 Å². The Hall–Kier alpha value is -1.49. The molecule has 5 heteroatoms. The Balaban J connectivity index is 3.03. The van der Waals surface area contributed by atoms with Crippen LogP contribution in [0.25, 0.3) is 0 Å². The minimum atomic E-state index is -0.975. The molecule has 0 heterocycles. The van der Waals surface area contributed by atoms with Gasteiger partial charge in [-0.05, 0) is 31.9 Å². The molecule has 17 heavy (non-hydrogen) atoms. The third-order valence-electron chi connectivity index (χ3n) is 2.32. The normalized spacial score (nSPS) is 12.3. The van der Waals surface area contributed by atoms with Gasteiger partial charge < -0.3 is 10.4 Å². The van der Waals surface area contributed by atoms with Crippen LogP contribution in [0.2, 0.25) is 0 Å². The topological polar surface area (TPSA) is 49.3 Å². The van der Waals surface area contributed by atoms with Gasteiger partial charge in [0.1, 0.15) is 0 Å². The molecule has 0 radical (unpaired) electrons. The van der Waals surface area contributed by atoms with Crippen LogP contribution in [-0.2, 0) is 11.2 Å². The summed E-state index contributed by atoms with van der Waals surface area (Å²) in [6.45, 7) is 2.86. The summed E-state index contributed by atoms with van der Waals surface area (Å²) in [7, 11) is 0. The minimum absolute atomic E-state index is 0.0844. The molecule has 0 aliphatic rings. The molecule has 0 aliphatic heterocycles. The Morgan fingerprint density at radius 1 is 1.47 bits per heavy atom. The molecule has 1 atom stereocenters. The number of benzene rings is 1. The molecule has 1 rings (SSSR count). The van der Waals surface area contributed by atoms with Gasteiger partial charge in [0, 0.05) is 18.2 Å². The summed E-state index contributed by atoms with van der Waals surface area (Å²) in [6, 6.07) is 2.28. The summed E-state index contributed by atoms with van der Waals surface area (Å²) in [6.07, 6.45) is -0.146. The van der Waals surface area contributed by atoms with Crippen LogP contribution in [0.1, 0.15) is 25.8 Å². The fraction of sp³-hybridized carbons (Fsp3) is 0.417. The predicted molar refractivity (Wildman–Crippen MR) is 60.7 cm³/mol. The number of hydrogen-bond acceptors (Lipinski definition) is 2. The second kappa shape index (κ2) is 5.72. The molecule has 0 bridgehead atoms. The summed E-state index contributed by atoms with van der Waals surface area (Å²) in [5.41, 5.74) is 0.332. The second-order valence-electron chi connectivity index (χ2n) is 3.96. The number of carbonyl (C=O) groups is 1. The molecule has 3 nitrogen and oxygen atoms in total. The van der Waals surface area contributed by atoms with Crippen molar-refractivity contribution >= 4 is 11.6 Å². The highest BCUT2D eigenvalue weighted by atomic mass is 19.2. The largest absolute Gasteiger partial charge is 0.393 e. The Bertz CT molecular complexity index is 419. The minimum Gasteiger partial charge on any atom is -0.393 e. The van der Waals surface area contributed by atoms with E-state index < -0.39 is 17.7 Å². The molecule has 0 spiro atoms. The molecule has 94 valence electrons. The van der Waals surface area contributed by atoms with Gasteiger partial charge in [-0.25, -0.2) is 8.78 Å². The molecule has 0 aromatic heterocycles. The molecule has 2 N–H and O–H groups in total. The summed E-state index contributed by atoms with van der Waals surface area (Å²) in [5, 5.41) is 11.6.